The molecule has 0 radical (unpaired) electrons. The summed E-state index contributed by atoms with van der Waals surface area (Å²) < 4.78 is 46.4. The van der Waals surface area contributed by atoms with E-state index in [9.17, 15) is 13.2 Å². The molecule has 0 aliphatic rings. The molecule has 0 saturated carbocycles. The van der Waals surface area contributed by atoms with Gasteiger partial charge in [0.2, 0.25) is 0 Å². The van der Waals surface area contributed by atoms with E-state index in [2.05, 4.69) is 25.5 Å². The molecule has 0 bridgehead atoms. The van der Waals surface area contributed by atoms with Gasteiger partial charge in [-0.3, -0.25) is 4.99 Å². The van der Waals surface area contributed by atoms with Crippen molar-refractivity contribution >= 4 is 5.96 Å². The third-order valence-corrected chi connectivity index (χ3v) is 3.61. The third kappa shape index (κ3) is 7.20. The number of guanidine groups is 1. The Kier molecular flexibility index (Phi) is 7.09. The lowest BCUT2D eigenvalue weighted by Gasteiger charge is -2.12. The Balaban J connectivity index is 1.79. The normalized spacial score (nSPS) is 12.3. The standard InChI is InChI=1S/C18H23F3N4O2/c1-12(2)16-8-15(27-25-16)10-24-17(22-3)23-9-13-4-6-14(7-5-13)26-11-18(19,20)21/h4-8,12H,9-11H2,1-3H3,(H2,22,23,24). The Hall–Kier alpha value is -2.71. The van der Waals surface area contributed by atoms with E-state index >= 15 is 0 Å². The Morgan fingerprint density at radius 3 is 2.41 bits per heavy atom. The van der Waals surface area contributed by atoms with Crippen LogP contribution in [0.2, 0.25) is 0 Å². The van der Waals surface area contributed by atoms with Crippen LogP contribution in [-0.2, 0) is 13.1 Å². The summed E-state index contributed by atoms with van der Waals surface area (Å²) in [6, 6.07) is 8.28. The molecule has 27 heavy (non-hydrogen) atoms. The van der Waals surface area contributed by atoms with E-state index in [0.717, 1.165) is 11.3 Å². The number of alkyl halides is 3. The predicted molar refractivity (Wildman–Crippen MR) is 95.6 cm³/mol. The van der Waals surface area contributed by atoms with Gasteiger partial charge in [-0.25, -0.2) is 0 Å². The van der Waals surface area contributed by atoms with Crippen LogP contribution >= 0.6 is 0 Å². The van der Waals surface area contributed by atoms with Crippen molar-refractivity contribution in [1.82, 2.24) is 15.8 Å². The predicted octanol–water partition coefficient (Wildman–Crippen LogP) is 3.60. The Labute approximate surface area is 155 Å². The molecular weight excluding hydrogens is 361 g/mol. The number of rotatable bonds is 7. The van der Waals surface area contributed by atoms with Gasteiger partial charge in [0.15, 0.2) is 18.3 Å². The first-order valence-corrected chi connectivity index (χ1v) is 8.45. The van der Waals surface area contributed by atoms with Crippen LogP contribution in [0.4, 0.5) is 13.2 Å². The monoisotopic (exact) mass is 384 g/mol. The molecule has 0 atom stereocenters. The summed E-state index contributed by atoms with van der Waals surface area (Å²) in [7, 11) is 1.64. The molecule has 0 spiro atoms. The number of nitrogens with zero attached hydrogens (tertiary/aromatic N) is 2. The summed E-state index contributed by atoms with van der Waals surface area (Å²) in [4.78, 5) is 4.12. The average molecular weight is 384 g/mol. The quantitative estimate of drug-likeness (QED) is 0.564. The number of halogens is 3. The van der Waals surface area contributed by atoms with Gasteiger partial charge in [-0.1, -0.05) is 31.1 Å². The number of hydrogen-bond donors (Lipinski definition) is 2. The lowest BCUT2D eigenvalue weighted by atomic mass is 10.1. The fraction of sp³-hybridized carbons (Fsp3) is 0.444. The topological polar surface area (TPSA) is 71.7 Å². The van der Waals surface area contributed by atoms with Crippen LogP contribution in [0.15, 0.2) is 39.8 Å². The summed E-state index contributed by atoms with van der Waals surface area (Å²) in [5, 5.41) is 10.2. The van der Waals surface area contributed by atoms with Gasteiger partial charge in [0.05, 0.1) is 12.2 Å². The molecule has 0 aliphatic carbocycles. The highest BCUT2D eigenvalue weighted by atomic mass is 19.4. The fourth-order valence-corrected chi connectivity index (χ4v) is 2.13. The van der Waals surface area contributed by atoms with Crippen molar-refractivity contribution < 1.29 is 22.4 Å². The maximum absolute atomic E-state index is 12.1. The van der Waals surface area contributed by atoms with Gasteiger partial charge in [0.25, 0.3) is 0 Å². The van der Waals surface area contributed by atoms with Crippen LogP contribution in [0.25, 0.3) is 0 Å². The first kappa shape index (κ1) is 20.6. The van der Waals surface area contributed by atoms with Crippen molar-refractivity contribution in [1.29, 1.82) is 0 Å². The van der Waals surface area contributed by atoms with Crippen molar-refractivity contribution in [2.24, 2.45) is 4.99 Å². The van der Waals surface area contributed by atoms with Crippen LogP contribution in [0, 0.1) is 0 Å². The summed E-state index contributed by atoms with van der Waals surface area (Å²) in [5.41, 5.74) is 1.77. The molecule has 1 heterocycles. The van der Waals surface area contributed by atoms with Gasteiger partial charge < -0.3 is 19.9 Å². The highest BCUT2D eigenvalue weighted by Gasteiger charge is 2.28. The summed E-state index contributed by atoms with van der Waals surface area (Å²) in [5.74, 6) is 1.73. The lowest BCUT2D eigenvalue weighted by molar-refractivity contribution is -0.153. The largest absolute Gasteiger partial charge is 0.484 e. The van der Waals surface area contributed by atoms with E-state index in [1.165, 1.54) is 12.1 Å². The second-order valence-corrected chi connectivity index (χ2v) is 6.20. The van der Waals surface area contributed by atoms with E-state index in [4.69, 9.17) is 4.52 Å². The molecule has 0 amide bonds. The molecule has 2 rings (SSSR count). The number of aromatic nitrogens is 1. The highest BCUT2D eigenvalue weighted by Crippen LogP contribution is 2.19. The maximum atomic E-state index is 12.1. The van der Waals surface area contributed by atoms with Crippen LogP contribution < -0.4 is 15.4 Å². The maximum Gasteiger partial charge on any atom is 0.422 e. The number of hydrogen-bond acceptors (Lipinski definition) is 4. The number of ether oxygens (including phenoxy) is 1. The second-order valence-electron chi connectivity index (χ2n) is 6.20. The molecule has 0 fully saturated rings. The lowest BCUT2D eigenvalue weighted by Crippen LogP contribution is -2.36. The molecule has 9 heteroatoms. The van der Waals surface area contributed by atoms with Gasteiger partial charge in [0, 0.05) is 19.7 Å². The van der Waals surface area contributed by atoms with Crippen molar-refractivity contribution in [3.8, 4) is 5.75 Å². The smallest absolute Gasteiger partial charge is 0.422 e. The van der Waals surface area contributed by atoms with Gasteiger partial charge in [0.1, 0.15) is 5.75 Å². The zero-order valence-corrected chi connectivity index (χ0v) is 15.4. The first-order valence-electron chi connectivity index (χ1n) is 8.45. The molecule has 148 valence electrons. The van der Waals surface area contributed by atoms with E-state index in [0.29, 0.717) is 30.7 Å². The molecule has 1 aromatic heterocycles. The number of benzene rings is 1. The molecular formula is C18H23F3N4O2. The van der Waals surface area contributed by atoms with Crippen molar-refractivity contribution in [2.75, 3.05) is 13.7 Å². The minimum absolute atomic E-state index is 0.171. The minimum atomic E-state index is -4.35. The van der Waals surface area contributed by atoms with Crippen LogP contribution in [0.1, 0.15) is 36.8 Å². The Morgan fingerprint density at radius 1 is 1.19 bits per heavy atom. The van der Waals surface area contributed by atoms with Crippen molar-refractivity contribution in [3.63, 3.8) is 0 Å². The van der Waals surface area contributed by atoms with Crippen LogP contribution in [0.5, 0.6) is 5.75 Å². The molecule has 6 nitrogen and oxygen atoms in total. The second kappa shape index (κ2) is 9.29. The molecule has 2 aromatic rings. The van der Waals surface area contributed by atoms with Gasteiger partial charge >= 0.3 is 6.18 Å². The third-order valence-electron chi connectivity index (χ3n) is 3.61. The van der Waals surface area contributed by atoms with E-state index < -0.39 is 12.8 Å². The molecule has 1 aromatic carbocycles. The minimum Gasteiger partial charge on any atom is -0.484 e. The van der Waals surface area contributed by atoms with E-state index in [1.807, 2.05) is 19.9 Å². The fourth-order valence-electron chi connectivity index (χ4n) is 2.13. The highest BCUT2D eigenvalue weighted by molar-refractivity contribution is 5.79. The van der Waals surface area contributed by atoms with E-state index in [1.54, 1.807) is 19.2 Å². The Morgan fingerprint density at radius 2 is 1.85 bits per heavy atom. The molecule has 0 saturated heterocycles. The summed E-state index contributed by atoms with van der Waals surface area (Å²) in [6.07, 6.45) is -4.35. The number of aliphatic imine (C=N–C) groups is 1. The SMILES string of the molecule is CN=C(NCc1ccc(OCC(F)(F)F)cc1)NCc1cc(C(C)C)no1. The van der Waals surface area contributed by atoms with Crippen molar-refractivity contribution in [3.05, 3.63) is 47.3 Å². The van der Waals surface area contributed by atoms with Crippen molar-refractivity contribution in [2.45, 2.75) is 39.0 Å². The molecule has 0 unspecified atom stereocenters. The average Bonchev–Trinajstić information content (AvgIpc) is 3.10. The summed E-state index contributed by atoms with van der Waals surface area (Å²) >= 11 is 0. The summed E-state index contributed by atoms with van der Waals surface area (Å²) in [6.45, 7) is 3.65. The van der Waals surface area contributed by atoms with Crippen LogP contribution in [-0.4, -0.2) is 30.9 Å². The van der Waals surface area contributed by atoms with Gasteiger partial charge in [-0.15, -0.1) is 0 Å². The zero-order valence-electron chi connectivity index (χ0n) is 15.4. The molecule has 0 aliphatic heterocycles. The number of nitrogens with one attached hydrogen (secondary N) is 2. The van der Waals surface area contributed by atoms with E-state index in [-0.39, 0.29) is 5.75 Å². The van der Waals surface area contributed by atoms with Gasteiger partial charge in [-0.05, 0) is 23.6 Å². The zero-order chi connectivity index (χ0) is 19.9. The van der Waals surface area contributed by atoms with Crippen LogP contribution in [0.3, 0.4) is 0 Å². The van der Waals surface area contributed by atoms with Gasteiger partial charge in [-0.2, -0.15) is 13.2 Å². The first-order chi connectivity index (χ1) is 12.8. The Bertz CT molecular complexity index is 740. The molecule has 2 N–H and O–H groups in total.